The van der Waals surface area contributed by atoms with Crippen molar-refractivity contribution in [3.8, 4) is 0 Å². The van der Waals surface area contributed by atoms with Crippen LogP contribution < -0.4 is 4.90 Å². The molecule has 3 aromatic rings. The highest BCUT2D eigenvalue weighted by molar-refractivity contribution is 5.97. The molecule has 5 rings (SSSR count). The second kappa shape index (κ2) is 9.32. The van der Waals surface area contributed by atoms with E-state index >= 15 is 0 Å². The lowest BCUT2D eigenvalue weighted by molar-refractivity contribution is 0.0979. The zero-order chi connectivity index (χ0) is 21.9. The van der Waals surface area contributed by atoms with Crippen LogP contribution in [0.5, 0.6) is 0 Å². The van der Waals surface area contributed by atoms with Gasteiger partial charge in [0.15, 0.2) is 5.78 Å². The Morgan fingerprint density at radius 2 is 1.34 bits per heavy atom. The van der Waals surface area contributed by atoms with E-state index in [0.717, 1.165) is 50.8 Å². The summed E-state index contributed by atoms with van der Waals surface area (Å²) in [5, 5.41) is 0. The third kappa shape index (κ3) is 3.99. The molecule has 2 aliphatic heterocycles. The van der Waals surface area contributed by atoms with Crippen molar-refractivity contribution in [3.63, 3.8) is 0 Å². The van der Waals surface area contributed by atoms with Crippen LogP contribution in [0.15, 0.2) is 72.8 Å². The number of hydrogen-bond donors (Lipinski definition) is 0. The van der Waals surface area contributed by atoms with E-state index in [4.69, 9.17) is 0 Å². The Bertz CT molecular complexity index is 1000. The number of nitrogens with zero attached hydrogens (tertiary/aromatic N) is 1. The van der Waals surface area contributed by atoms with Crippen molar-refractivity contribution >= 4 is 11.5 Å². The fourth-order valence-electron chi connectivity index (χ4n) is 5.70. The lowest BCUT2D eigenvalue weighted by Gasteiger charge is -2.43. The Kier molecular flexibility index (Phi) is 6.12. The van der Waals surface area contributed by atoms with Gasteiger partial charge in [0.05, 0.1) is 0 Å². The third-order valence-corrected chi connectivity index (χ3v) is 7.34. The van der Waals surface area contributed by atoms with Crippen LogP contribution in [0, 0.1) is 0 Å². The lowest BCUT2D eigenvalue weighted by Crippen LogP contribution is -2.37. The summed E-state index contributed by atoms with van der Waals surface area (Å²) in [7, 11) is 0. The largest absolute Gasteiger partial charge is 0.371 e. The zero-order valence-corrected chi connectivity index (χ0v) is 19.1. The highest BCUT2D eigenvalue weighted by Crippen LogP contribution is 2.48. The molecule has 2 aliphatic rings. The first-order chi connectivity index (χ1) is 15.8. The summed E-state index contributed by atoms with van der Waals surface area (Å²) < 4.78 is 0. The Morgan fingerprint density at radius 3 is 1.84 bits per heavy atom. The molecule has 0 fully saturated rings. The number of unbranched alkanes of at least 4 members (excludes halogenated alkanes) is 2. The molecule has 0 saturated carbocycles. The van der Waals surface area contributed by atoms with Gasteiger partial charge in [-0.1, -0.05) is 80.4 Å². The maximum atomic E-state index is 13.2. The smallest absolute Gasteiger partial charge is 0.162 e. The topological polar surface area (TPSA) is 20.3 Å². The van der Waals surface area contributed by atoms with Crippen molar-refractivity contribution in [1.29, 1.82) is 0 Å². The molecule has 2 atom stereocenters. The van der Waals surface area contributed by atoms with E-state index in [1.54, 1.807) is 0 Å². The third-order valence-electron chi connectivity index (χ3n) is 7.34. The standard InChI is InChI=1S/C30H33NO/c1-2-3-6-15-29(32)24-20-27-25(22-11-7-4-8-12-22)16-18-31-19-17-26(28(21-24)30(27)31)23-13-9-5-10-14-23/h4-5,7-14,20-21,25-26H,2-3,6,15-19H2,1H3. The summed E-state index contributed by atoms with van der Waals surface area (Å²) in [6, 6.07) is 26.2. The van der Waals surface area contributed by atoms with Crippen LogP contribution in [-0.2, 0) is 0 Å². The predicted octanol–water partition coefficient (Wildman–Crippen LogP) is 7.33. The molecule has 2 unspecified atom stereocenters. The molecule has 0 radical (unpaired) electrons. The Labute approximate surface area is 192 Å². The van der Waals surface area contributed by atoms with E-state index in [0.29, 0.717) is 24.0 Å². The van der Waals surface area contributed by atoms with E-state index in [2.05, 4.69) is 84.6 Å². The van der Waals surface area contributed by atoms with Gasteiger partial charge in [0.25, 0.3) is 0 Å². The van der Waals surface area contributed by atoms with Gasteiger partial charge in [-0.15, -0.1) is 0 Å². The molecular weight excluding hydrogens is 390 g/mol. The van der Waals surface area contributed by atoms with Crippen molar-refractivity contribution in [2.24, 2.45) is 0 Å². The number of carbonyl (C=O) groups is 1. The molecule has 0 aromatic heterocycles. The maximum Gasteiger partial charge on any atom is 0.162 e. The minimum absolute atomic E-state index is 0.304. The normalized spacial score (nSPS) is 19.5. The molecule has 0 saturated heterocycles. The van der Waals surface area contributed by atoms with Gasteiger partial charge in [-0.2, -0.15) is 0 Å². The molecule has 0 bridgehead atoms. The zero-order valence-electron chi connectivity index (χ0n) is 19.1. The van der Waals surface area contributed by atoms with Gasteiger partial charge in [-0.3, -0.25) is 4.79 Å². The van der Waals surface area contributed by atoms with E-state index in [-0.39, 0.29) is 0 Å². The van der Waals surface area contributed by atoms with Gasteiger partial charge in [-0.05, 0) is 53.6 Å². The minimum atomic E-state index is 0.304. The first kappa shape index (κ1) is 21.0. The van der Waals surface area contributed by atoms with Gasteiger partial charge < -0.3 is 4.90 Å². The number of benzene rings is 3. The first-order valence-corrected chi connectivity index (χ1v) is 12.3. The Hall–Kier alpha value is -2.87. The summed E-state index contributed by atoms with van der Waals surface area (Å²) in [6.45, 7) is 4.37. The Balaban J connectivity index is 1.63. The van der Waals surface area contributed by atoms with Crippen molar-refractivity contribution in [2.75, 3.05) is 18.0 Å². The number of hydrogen-bond acceptors (Lipinski definition) is 2. The second-order valence-electron chi connectivity index (χ2n) is 9.37. The molecule has 0 aliphatic carbocycles. The molecule has 0 spiro atoms. The Morgan fingerprint density at radius 1 is 0.812 bits per heavy atom. The van der Waals surface area contributed by atoms with Crippen molar-refractivity contribution in [1.82, 2.24) is 0 Å². The van der Waals surface area contributed by atoms with Crippen LogP contribution >= 0.6 is 0 Å². The molecule has 0 amide bonds. The van der Waals surface area contributed by atoms with E-state index < -0.39 is 0 Å². The van der Waals surface area contributed by atoms with Crippen LogP contribution in [0.2, 0.25) is 0 Å². The summed E-state index contributed by atoms with van der Waals surface area (Å²) in [5.41, 5.74) is 7.77. The van der Waals surface area contributed by atoms with Gasteiger partial charge in [0, 0.05) is 42.6 Å². The molecule has 2 nitrogen and oxygen atoms in total. The summed E-state index contributed by atoms with van der Waals surface area (Å²) in [5.74, 6) is 1.03. The van der Waals surface area contributed by atoms with Crippen LogP contribution in [0.1, 0.15) is 89.9 Å². The quantitative estimate of drug-likeness (QED) is 0.293. The molecule has 32 heavy (non-hydrogen) atoms. The van der Waals surface area contributed by atoms with Crippen LogP contribution in [0.4, 0.5) is 5.69 Å². The average molecular weight is 424 g/mol. The number of rotatable bonds is 7. The predicted molar refractivity (Wildman–Crippen MR) is 133 cm³/mol. The first-order valence-electron chi connectivity index (χ1n) is 12.3. The SMILES string of the molecule is CCCCCC(=O)c1cc2c3c(c1)C(c1ccccc1)CCN3CCC2c1ccccc1. The summed E-state index contributed by atoms with van der Waals surface area (Å²) in [6.07, 6.45) is 6.13. The average Bonchev–Trinajstić information content (AvgIpc) is 2.85. The van der Waals surface area contributed by atoms with Crippen molar-refractivity contribution < 1.29 is 4.79 Å². The van der Waals surface area contributed by atoms with Gasteiger partial charge in [-0.25, -0.2) is 0 Å². The van der Waals surface area contributed by atoms with Crippen molar-refractivity contribution in [2.45, 2.75) is 57.3 Å². The van der Waals surface area contributed by atoms with Crippen LogP contribution in [0.25, 0.3) is 0 Å². The second-order valence-corrected chi connectivity index (χ2v) is 9.37. The summed E-state index contributed by atoms with van der Waals surface area (Å²) >= 11 is 0. The number of anilines is 1. The highest BCUT2D eigenvalue weighted by Gasteiger charge is 2.35. The number of ketones is 1. The molecule has 164 valence electrons. The lowest BCUT2D eigenvalue weighted by atomic mass is 9.75. The van der Waals surface area contributed by atoms with E-state index in [1.165, 1.54) is 27.9 Å². The number of carbonyl (C=O) groups excluding carboxylic acids is 1. The maximum absolute atomic E-state index is 13.2. The molecule has 2 heteroatoms. The number of Topliss-reactive ketones (excluding diaryl/α,β-unsaturated/α-hetero) is 1. The van der Waals surface area contributed by atoms with Crippen LogP contribution in [-0.4, -0.2) is 18.9 Å². The van der Waals surface area contributed by atoms with Gasteiger partial charge >= 0.3 is 0 Å². The van der Waals surface area contributed by atoms with E-state index in [9.17, 15) is 4.79 Å². The fraction of sp³-hybridized carbons (Fsp3) is 0.367. The molecule has 3 aromatic carbocycles. The van der Waals surface area contributed by atoms with Gasteiger partial charge in [0.2, 0.25) is 0 Å². The molecular formula is C30H33NO. The van der Waals surface area contributed by atoms with E-state index in [1.807, 2.05) is 0 Å². The van der Waals surface area contributed by atoms with Crippen LogP contribution in [0.3, 0.4) is 0 Å². The van der Waals surface area contributed by atoms with Crippen molar-refractivity contribution in [3.05, 3.63) is 101 Å². The monoisotopic (exact) mass is 423 g/mol. The molecule has 0 N–H and O–H groups in total. The highest BCUT2D eigenvalue weighted by atomic mass is 16.1. The minimum Gasteiger partial charge on any atom is -0.371 e. The van der Waals surface area contributed by atoms with Gasteiger partial charge in [0.1, 0.15) is 0 Å². The fourth-order valence-corrected chi connectivity index (χ4v) is 5.70. The molecule has 2 heterocycles. The summed E-state index contributed by atoms with van der Waals surface area (Å²) in [4.78, 5) is 15.8.